The highest BCUT2D eigenvalue weighted by molar-refractivity contribution is 7.18. The molecule has 0 spiro atoms. The van der Waals surface area contributed by atoms with Gasteiger partial charge in [-0.05, 0) is 37.5 Å². The molecule has 5 nitrogen and oxygen atoms in total. The second-order valence-electron chi connectivity index (χ2n) is 6.24. The van der Waals surface area contributed by atoms with Crippen LogP contribution in [0.5, 0.6) is 0 Å². The first kappa shape index (κ1) is 18.4. The molecule has 1 fully saturated rings. The number of nitrogens with two attached hydrogens (primary N) is 1. The maximum absolute atomic E-state index is 13.1. The molecule has 26 heavy (non-hydrogen) atoms. The highest BCUT2D eigenvalue weighted by atomic mass is 32.1. The molecular formula is C19H20FN3O2S. The number of carbonyl (C=O) groups excluding carboxylic acids is 1. The van der Waals surface area contributed by atoms with E-state index in [1.807, 2.05) is 0 Å². The second-order valence-corrected chi connectivity index (χ2v) is 7.30. The molecule has 3 rings (SSSR count). The lowest BCUT2D eigenvalue weighted by Crippen LogP contribution is -2.26. The summed E-state index contributed by atoms with van der Waals surface area (Å²) in [6.45, 7) is 3.06. The molecule has 136 valence electrons. The SMILES string of the molecule is CCOC(=O)c1sc(N)c(C#N)c1CN(Cc1ccc(F)cc1)C1CC1. The first-order valence-electron chi connectivity index (χ1n) is 8.50. The number of hydrogen-bond donors (Lipinski definition) is 1. The van der Waals surface area contributed by atoms with Crippen LogP contribution in [0.3, 0.4) is 0 Å². The number of ether oxygens (including phenoxy) is 1. The zero-order chi connectivity index (χ0) is 18.7. The van der Waals surface area contributed by atoms with Crippen molar-refractivity contribution in [3.8, 4) is 6.07 Å². The van der Waals surface area contributed by atoms with E-state index in [1.54, 1.807) is 19.1 Å². The monoisotopic (exact) mass is 373 g/mol. The van der Waals surface area contributed by atoms with Crippen LogP contribution in [-0.4, -0.2) is 23.5 Å². The van der Waals surface area contributed by atoms with Crippen LogP contribution in [0.1, 0.15) is 46.1 Å². The van der Waals surface area contributed by atoms with E-state index in [4.69, 9.17) is 10.5 Å². The van der Waals surface area contributed by atoms with Crippen molar-refractivity contribution in [1.29, 1.82) is 5.26 Å². The number of esters is 1. The van der Waals surface area contributed by atoms with Gasteiger partial charge >= 0.3 is 5.97 Å². The molecule has 2 N–H and O–H groups in total. The summed E-state index contributed by atoms with van der Waals surface area (Å²) in [6.07, 6.45) is 2.13. The van der Waals surface area contributed by atoms with E-state index in [9.17, 15) is 14.4 Å². The molecule has 1 aromatic heterocycles. The molecule has 2 aromatic rings. The zero-order valence-electron chi connectivity index (χ0n) is 14.5. The van der Waals surface area contributed by atoms with Crippen molar-refractivity contribution in [1.82, 2.24) is 4.90 Å². The fraction of sp³-hybridized carbons (Fsp3) is 0.368. The normalized spacial score (nSPS) is 13.6. The molecule has 0 aliphatic heterocycles. The van der Waals surface area contributed by atoms with Gasteiger partial charge in [-0.15, -0.1) is 11.3 Å². The van der Waals surface area contributed by atoms with Crippen molar-refractivity contribution in [2.24, 2.45) is 0 Å². The number of hydrogen-bond acceptors (Lipinski definition) is 6. The molecule has 7 heteroatoms. The minimum absolute atomic E-state index is 0.264. The Hall–Kier alpha value is -2.43. The molecule has 1 aliphatic carbocycles. The average Bonchev–Trinajstić information content (AvgIpc) is 3.41. The van der Waals surface area contributed by atoms with Gasteiger partial charge in [-0.3, -0.25) is 4.90 Å². The number of nitrogens with zero attached hydrogens (tertiary/aromatic N) is 2. The van der Waals surface area contributed by atoms with Gasteiger partial charge in [0.2, 0.25) is 0 Å². The summed E-state index contributed by atoms with van der Waals surface area (Å²) >= 11 is 1.10. The molecule has 1 aliphatic rings. The second kappa shape index (κ2) is 7.85. The van der Waals surface area contributed by atoms with E-state index in [2.05, 4.69) is 11.0 Å². The van der Waals surface area contributed by atoms with Crippen LogP contribution in [0, 0.1) is 17.1 Å². The van der Waals surface area contributed by atoms with Gasteiger partial charge in [0.1, 0.15) is 21.8 Å². The minimum atomic E-state index is -0.446. The van der Waals surface area contributed by atoms with Gasteiger partial charge in [-0.2, -0.15) is 5.26 Å². The summed E-state index contributed by atoms with van der Waals surface area (Å²) in [5, 5.41) is 9.81. The van der Waals surface area contributed by atoms with Gasteiger partial charge in [0.25, 0.3) is 0 Å². The lowest BCUT2D eigenvalue weighted by atomic mass is 10.1. The largest absolute Gasteiger partial charge is 0.462 e. The number of benzene rings is 1. The van der Waals surface area contributed by atoms with Gasteiger partial charge in [0.05, 0.1) is 12.2 Å². The maximum atomic E-state index is 13.1. The number of thiophene rings is 1. The van der Waals surface area contributed by atoms with E-state index in [0.717, 1.165) is 29.7 Å². The smallest absolute Gasteiger partial charge is 0.348 e. The Labute approximate surface area is 155 Å². The third kappa shape index (κ3) is 4.03. The van der Waals surface area contributed by atoms with Crippen LogP contribution in [0.25, 0.3) is 0 Å². The van der Waals surface area contributed by atoms with Gasteiger partial charge in [0, 0.05) is 24.7 Å². The Morgan fingerprint density at radius 2 is 2.08 bits per heavy atom. The number of anilines is 1. The first-order chi connectivity index (χ1) is 12.5. The van der Waals surface area contributed by atoms with Crippen LogP contribution >= 0.6 is 11.3 Å². The summed E-state index contributed by atoms with van der Waals surface area (Å²) in [7, 11) is 0. The van der Waals surface area contributed by atoms with Crippen LogP contribution in [0.4, 0.5) is 9.39 Å². The molecule has 0 unspecified atom stereocenters. The van der Waals surface area contributed by atoms with Gasteiger partial charge in [-0.25, -0.2) is 9.18 Å². The van der Waals surface area contributed by atoms with E-state index < -0.39 is 5.97 Å². The molecule has 1 saturated carbocycles. The Kier molecular flexibility index (Phi) is 5.55. The lowest BCUT2D eigenvalue weighted by molar-refractivity contribution is 0.0529. The highest BCUT2D eigenvalue weighted by Gasteiger charge is 2.32. The van der Waals surface area contributed by atoms with Crippen molar-refractivity contribution < 1.29 is 13.9 Å². The number of rotatable bonds is 7. The van der Waals surface area contributed by atoms with Crippen LogP contribution in [-0.2, 0) is 17.8 Å². The predicted molar refractivity (Wildman–Crippen MR) is 98.1 cm³/mol. The number of nitriles is 1. The van der Waals surface area contributed by atoms with Gasteiger partial charge < -0.3 is 10.5 Å². The maximum Gasteiger partial charge on any atom is 0.348 e. The Balaban J connectivity index is 1.88. The summed E-state index contributed by atoms with van der Waals surface area (Å²) in [6, 6.07) is 8.89. The summed E-state index contributed by atoms with van der Waals surface area (Å²) < 4.78 is 18.3. The van der Waals surface area contributed by atoms with Crippen LogP contribution in [0.2, 0.25) is 0 Å². The average molecular weight is 373 g/mol. The fourth-order valence-electron chi connectivity index (χ4n) is 2.90. The predicted octanol–water partition coefficient (Wildman–Crippen LogP) is 3.68. The van der Waals surface area contributed by atoms with Crippen molar-refractivity contribution in [2.45, 2.75) is 38.9 Å². The van der Waals surface area contributed by atoms with Crippen LogP contribution < -0.4 is 5.73 Å². The van der Waals surface area contributed by atoms with E-state index >= 15 is 0 Å². The number of halogens is 1. The summed E-state index contributed by atoms with van der Waals surface area (Å²) in [4.78, 5) is 14.9. The minimum Gasteiger partial charge on any atom is -0.462 e. The van der Waals surface area contributed by atoms with E-state index in [0.29, 0.717) is 40.1 Å². The lowest BCUT2D eigenvalue weighted by Gasteiger charge is -2.22. The molecule has 0 amide bonds. The van der Waals surface area contributed by atoms with E-state index in [1.165, 1.54) is 12.1 Å². The summed E-state index contributed by atoms with van der Waals surface area (Å²) in [5.74, 6) is -0.716. The molecule has 1 aromatic carbocycles. The molecular weight excluding hydrogens is 353 g/mol. The molecule has 1 heterocycles. The van der Waals surface area contributed by atoms with Crippen LogP contribution in [0.15, 0.2) is 24.3 Å². The van der Waals surface area contributed by atoms with Crippen molar-refractivity contribution in [2.75, 3.05) is 12.3 Å². The molecule has 0 radical (unpaired) electrons. The quantitative estimate of drug-likeness (QED) is 0.749. The molecule has 0 atom stereocenters. The Bertz CT molecular complexity index is 838. The highest BCUT2D eigenvalue weighted by Crippen LogP contribution is 2.36. The van der Waals surface area contributed by atoms with Crippen molar-refractivity contribution in [3.63, 3.8) is 0 Å². The molecule has 0 saturated heterocycles. The fourth-order valence-corrected chi connectivity index (χ4v) is 3.82. The zero-order valence-corrected chi connectivity index (χ0v) is 15.3. The third-order valence-electron chi connectivity index (χ3n) is 4.33. The Morgan fingerprint density at radius 3 is 2.65 bits per heavy atom. The van der Waals surface area contributed by atoms with Gasteiger partial charge in [0.15, 0.2) is 0 Å². The molecule has 0 bridgehead atoms. The number of carbonyl (C=O) groups is 1. The third-order valence-corrected chi connectivity index (χ3v) is 5.37. The first-order valence-corrected chi connectivity index (χ1v) is 9.32. The Morgan fingerprint density at radius 1 is 1.38 bits per heavy atom. The summed E-state index contributed by atoms with van der Waals surface area (Å²) in [5.41, 5.74) is 7.91. The topological polar surface area (TPSA) is 79.3 Å². The standard InChI is InChI=1S/C19H20FN3O2S/c1-2-25-19(24)17-16(15(9-21)18(22)26-17)11-23(14-7-8-14)10-12-3-5-13(20)6-4-12/h3-6,14H,2,7-8,10-11,22H2,1H3. The van der Waals surface area contributed by atoms with E-state index in [-0.39, 0.29) is 12.4 Å². The van der Waals surface area contributed by atoms with Gasteiger partial charge in [-0.1, -0.05) is 12.1 Å². The van der Waals surface area contributed by atoms with Crippen molar-refractivity contribution in [3.05, 3.63) is 51.7 Å². The number of nitrogen functional groups attached to an aromatic ring is 1. The van der Waals surface area contributed by atoms with Crippen molar-refractivity contribution >= 4 is 22.3 Å².